The molecule has 18 heavy (non-hydrogen) atoms. The average Bonchev–Trinajstić information content (AvgIpc) is 2.31. The summed E-state index contributed by atoms with van der Waals surface area (Å²) >= 11 is 4.95. The number of nitrogens with zero attached hydrogens (tertiary/aromatic N) is 1. The molecular weight excluding hydrogens is 251 g/mol. The van der Waals surface area contributed by atoms with E-state index in [-0.39, 0.29) is 16.6 Å². The standard InChI is InChI=1S/C13H11FN2OS/c1-8-6-7-16-13(11(8)12(15)18)17-10-5-3-2-4-9(10)14/h2-7H,1H3,(H2,15,18). The molecule has 3 nitrogen and oxygen atoms in total. The predicted molar refractivity (Wildman–Crippen MR) is 71.3 cm³/mol. The monoisotopic (exact) mass is 262 g/mol. The van der Waals surface area contributed by atoms with Crippen LogP contribution in [0.1, 0.15) is 11.1 Å². The molecule has 0 saturated heterocycles. The Morgan fingerprint density at radius 3 is 2.72 bits per heavy atom. The molecule has 0 atom stereocenters. The molecule has 0 bridgehead atoms. The smallest absolute Gasteiger partial charge is 0.229 e. The van der Waals surface area contributed by atoms with Gasteiger partial charge in [0.2, 0.25) is 5.88 Å². The maximum atomic E-state index is 13.5. The summed E-state index contributed by atoms with van der Waals surface area (Å²) in [6.07, 6.45) is 1.56. The van der Waals surface area contributed by atoms with Gasteiger partial charge in [0.25, 0.3) is 0 Å². The Bertz CT molecular complexity index is 601. The Labute approximate surface area is 109 Å². The maximum Gasteiger partial charge on any atom is 0.229 e. The summed E-state index contributed by atoms with van der Waals surface area (Å²) in [5.74, 6) is -0.157. The van der Waals surface area contributed by atoms with E-state index >= 15 is 0 Å². The minimum Gasteiger partial charge on any atom is -0.435 e. The largest absolute Gasteiger partial charge is 0.435 e. The van der Waals surface area contributed by atoms with Crippen LogP contribution in [0.5, 0.6) is 11.6 Å². The van der Waals surface area contributed by atoms with Gasteiger partial charge in [0.1, 0.15) is 4.99 Å². The quantitative estimate of drug-likeness (QED) is 0.864. The highest BCUT2D eigenvalue weighted by Crippen LogP contribution is 2.26. The van der Waals surface area contributed by atoms with Crippen LogP contribution >= 0.6 is 12.2 Å². The van der Waals surface area contributed by atoms with Crippen LogP contribution in [0.2, 0.25) is 0 Å². The number of benzene rings is 1. The number of thiocarbonyl (C=S) groups is 1. The van der Waals surface area contributed by atoms with Crippen LogP contribution in [0.15, 0.2) is 36.5 Å². The number of pyridine rings is 1. The average molecular weight is 262 g/mol. The van der Waals surface area contributed by atoms with Crippen LogP contribution in [0.4, 0.5) is 4.39 Å². The van der Waals surface area contributed by atoms with Crippen molar-refractivity contribution in [2.45, 2.75) is 6.92 Å². The molecular formula is C13H11FN2OS. The minimum atomic E-state index is -0.463. The molecule has 0 amide bonds. The molecule has 1 aromatic carbocycles. The summed E-state index contributed by atoms with van der Waals surface area (Å²) in [5.41, 5.74) is 6.99. The van der Waals surface area contributed by atoms with Crippen molar-refractivity contribution in [3.8, 4) is 11.6 Å². The van der Waals surface area contributed by atoms with E-state index in [0.717, 1.165) is 5.56 Å². The first-order valence-corrected chi connectivity index (χ1v) is 5.68. The van der Waals surface area contributed by atoms with E-state index in [1.54, 1.807) is 24.4 Å². The number of halogens is 1. The zero-order valence-corrected chi connectivity index (χ0v) is 10.5. The second-order valence-corrected chi connectivity index (χ2v) is 4.14. The number of aryl methyl sites for hydroxylation is 1. The van der Waals surface area contributed by atoms with E-state index in [9.17, 15) is 4.39 Å². The number of ether oxygens (including phenoxy) is 1. The van der Waals surface area contributed by atoms with Crippen molar-refractivity contribution < 1.29 is 9.13 Å². The van der Waals surface area contributed by atoms with Gasteiger partial charge in [0.15, 0.2) is 11.6 Å². The SMILES string of the molecule is Cc1ccnc(Oc2ccccc2F)c1C(N)=S. The van der Waals surface area contributed by atoms with Crippen LogP contribution in [0, 0.1) is 12.7 Å². The fraction of sp³-hybridized carbons (Fsp3) is 0.0769. The third-order valence-electron chi connectivity index (χ3n) is 2.41. The van der Waals surface area contributed by atoms with E-state index < -0.39 is 5.82 Å². The van der Waals surface area contributed by atoms with Crippen molar-refractivity contribution in [3.05, 3.63) is 53.5 Å². The first-order valence-electron chi connectivity index (χ1n) is 5.27. The highest BCUT2D eigenvalue weighted by atomic mass is 32.1. The zero-order valence-electron chi connectivity index (χ0n) is 9.68. The Balaban J connectivity index is 2.44. The van der Waals surface area contributed by atoms with Crippen molar-refractivity contribution in [1.82, 2.24) is 4.98 Å². The molecule has 1 aromatic heterocycles. The van der Waals surface area contributed by atoms with Gasteiger partial charge in [-0.1, -0.05) is 24.4 Å². The first kappa shape index (κ1) is 12.4. The number of para-hydroxylation sites is 1. The lowest BCUT2D eigenvalue weighted by Crippen LogP contribution is -2.13. The summed E-state index contributed by atoms with van der Waals surface area (Å²) in [4.78, 5) is 4.21. The highest BCUT2D eigenvalue weighted by Gasteiger charge is 2.13. The van der Waals surface area contributed by atoms with Crippen LogP contribution < -0.4 is 10.5 Å². The zero-order chi connectivity index (χ0) is 13.1. The molecule has 0 radical (unpaired) electrons. The lowest BCUT2D eigenvalue weighted by atomic mass is 10.1. The van der Waals surface area contributed by atoms with Gasteiger partial charge in [-0.15, -0.1) is 0 Å². The predicted octanol–water partition coefficient (Wildman–Crippen LogP) is 2.96. The molecule has 2 N–H and O–H groups in total. The number of rotatable bonds is 3. The number of hydrogen-bond donors (Lipinski definition) is 1. The van der Waals surface area contributed by atoms with Gasteiger partial charge in [0, 0.05) is 6.20 Å². The lowest BCUT2D eigenvalue weighted by Gasteiger charge is -2.11. The molecule has 5 heteroatoms. The molecule has 0 aliphatic carbocycles. The van der Waals surface area contributed by atoms with Crippen LogP contribution in [0.25, 0.3) is 0 Å². The van der Waals surface area contributed by atoms with Gasteiger partial charge in [0.05, 0.1) is 5.56 Å². The number of hydrogen-bond acceptors (Lipinski definition) is 3. The third kappa shape index (κ3) is 2.46. The molecule has 0 aliphatic rings. The molecule has 0 aliphatic heterocycles. The number of nitrogens with two attached hydrogens (primary N) is 1. The summed E-state index contributed by atoms with van der Waals surface area (Å²) < 4.78 is 18.9. The van der Waals surface area contributed by atoms with Crippen LogP contribution in [-0.4, -0.2) is 9.97 Å². The van der Waals surface area contributed by atoms with Crippen molar-refractivity contribution in [1.29, 1.82) is 0 Å². The summed E-state index contributed by atoms with van der Waals surface area (Å²) in [7, 11) is 0. The van der Waals surface area contributed by atoms with Crippen molar-refractivity contribution in [3.63, 3.8) is 0 Å². The van der Waals surface area contributed by atoms with Gasteiger partial charge >= 0.3 is 0 Å². The van der Waals surface area contributed by atoms with Gasteiger partial charge in [-0.25, -0.2) is 9.37 Å². The molecule has 0 fully saturated rings. The van der Waals surface area contributed by atoms with Crippen molar-refractivity contribution in [2.75, 3.05) is 0 Å². The molecule has 0 spiro atoms. The Morgan fingerprint density at radius 2 is 2.06 bits per heavy atom. The van der Waals surface area contributed by atoms with Gasteiger partial charge in [-0.2, -0.15) is 0 Å². The second kappa shape index (κ2) is 5.10. The third-order valence-corrected chi connectivity index (χ3v) is 2.62. The minimum absolute atomic E-state index is 0.0908. The van der Waals surface area contributed by atoms with Gasteiger partial charge in [-0.05, 0) is 30.7 Å². The fourth-order valence-electron chi connectivity index (χ4n) is 1.54. The maximum absolute atomic E-state index is 13.5. The normalized spacial score (nSPS) is 10.1. The van der Waals surface area contributed by atoms with Crippen molar-refractivity contribution >= 4 is 17.2 Å². The van der Waals surface area contributed by atoms with E-state index in [1.807, 2.05) is 6.92 Å². The van der Waals surface area contributed by atoms with E-state index in [0.29, 0.717) is 5.56 Å². The Morgan fingerprint density at radius 1 is 1.33 bits per heavy atom. The molecule has 1 heterocycles. The Kier molecular flexibility index (Phi) is 3.53. The second-order valence-electron chi connectivity index (χ2n) is 3.70. The molecule has 0 unspecified atom stereocenters. The van der Waals surface area contributed by atoms with Crippen LogP contribution in [0.3, 0.4) is 0 Å². The fourth-order valence-corrected chi connectivity index (χ4v) is 1.79. The Hall–Kier alpha value is -2.01. The van der Waals surface area contributed by atoms with E-state index in [1.165, 1.54) is 12.1 Å². The van der Waals surface area contributed by atoms with Gasteiger partial charge in [-0.3, -0.25) is 0 Å². The van der Waals surface area contributed by atoms with Gasteiger partial charge < -0.3 is 10.5 Å². The van der Waals surface area contributed by atoms with E-state index in [2.05, 4.69) is 4.98 Å². The molecule has 0 saturated carbocycles. The summed E-state index contributed by atoms with van der Waals surface area (Å²) in [6.45, 7) is 1.84. The van der Waals surface area contributed by atoms with Crippen LogP contribution in [-0.2, 0) is 0 Å². The number of aromatic nitrogens is 1. The van der Waals surface area contributed by atoms with Crippen molar-refractivity contribution in [2.24, 2.45) is 5.73 Å². The summed E-state index contributed by atoms with van der Waals surface area (Å²) in [5, 5.41) is 0. The molecule has 2 rings (SSSR count). The van der Waals surface area contributed by atoms with E-state index in [4.69, 9.17) is 22.7 Å². The molecule has 92 valence electrons. The molecule has 2 aromatic rings. The summed E-state index contributed by atoms with van der Waals surface area (Å²) in [6, 6.07) is 7.85. The highest BCUT2D eigenvalue weighted by molar-refractivity contribution is 7.80. The lowest BCUT2D eigenvalue weighted by molar-refractivity contribution is 0.426. The first-order chi connectivity index (χ1) is 8.59. The topological polar surface area (TPSA) is 48.1 Å².